The van der Waals surface area contributed by atoms with Crippen LogP contribution in [0.1, 0.15) is 19.3 Å². The van der Waals surface area contributed by atoms with Crippen molar-refractivity contribution in [1.29, 1.82) is 0 Å². The quantitative estimate of drug-likeness (QED) is 0.592. The lowest BCUT2D eigenvalue weighted by Gasteiger charge is -2.24. The van der Waals surface area contributed by atoms with Gasteiger partial charge in [-0.1, -0.05) is 0 Å². The Bertz CT molecular complexity index is 250. The zero-order valence-electron chi connectivity index (χ0n) is 9.02. The van der Waals surface area contributed by atoms with Crippen LogP contribution in [0.2, 0.25) is 0 Å². The minimum Gasteiger partial charge on any atom is -0.481 e. The van der Waals surface area contributed by atoms with Crippen LogP contribution in [0.15, 0.2) is 0 Å². The van der Waals surface area contributed by atoms with Crippen LogP contribution in [0.25, 0.3) is 0 Å². The van der Waals surface area contributed by atoms with Gasteiger partial charge < -0.3 is 20.3 Å². The molecule has 0 aromatic rings. The molecule has 6 nitrogen and oxygen atoms in total. The molecule has 1 heterocycles. The molecule has 0 spiro atoms. The van der Waals surface area contributed by atoms with Crippen molar-refractivity contribution in [2.75, 3.05) is 19.8 Å². The first-order chi connectivity index (χ1) is 7.59. The topological polar surface area (TPSA) is 95.9 Å². The number of aliphatic carboxylic acids is 2. The first-order valence-corrected chi connectivity index (χ1v) is 5.35. The van der Waals surface area contributed by atoms with Gasteiger partial charge in [0, 0.05) is 25.8 Å². The maximum atomic E-state index is 10.8. The van der Waals surface area contributed by atoms with E-state index in [2.05, 4.69) is 5.32 Å². The summed E-state index contributed by atoms with van der Waals surface area (Å²) in [5.74, 6) is -3.01. The number of carbonyl (C=O) groups is 2. The third kappa shape index (κ3) is 4.59. The molecule has 0 saturated carbocycles. The van der Waals surface area contributed by atoms with E-state index >= 15 is 0 Å². The molecule has 1 aliphatic rings. The SMILES string of the molecule is O=C(O)CC(CNC1CCOCC1)C(=O)O. The Morgan fingerprint density at radius 2 is 1.94 bits per heavy atom. The van der Waals surface area contributed by atoms with Gasteiger partial charge in [-0.3, -0.25) is 9.59 Å². The number of nitrogens with one attached hydrogen (secondary N) is 1. The van der Waals surface area contributed by atoms with Crippen molar-refractivity contribution in [3.8, 4) is 0 Å². The largest absolute Gasteiger partial charge is 0.481 e. The predicted molar refractivity (Wildman–Crippen MR) is 55.2 cm³/mol. The Labute approximate surface area is 93.6 Å². The first-order valence-electron chi connectivity index (χ1n) is 5.35. The molecule has 16 heavy (non-hydrogen) atoms. The maximum Gasteiger partial charge on any atom is 0.308 e. The van der Waals surface area contributed by atoms with Crippen LogP contribution in [-0.4, -0.2) is 48.0 Å². The monoisotopic (exact) mass is 231 g/mol. The zero-order chi connectivity index (χ0) is 12.0. The molecule has 0 bridgehead atoms. The third-order valence-electron chi connectivity index (χ3n) is 2.64. The minimum atomic E-state index is -1.08. The van der Waals surface area contributed by atoms with Gasteiger partial charge in [0.1, 0.15) is 0 Å². The number of hydrogen-bond acceptors (Lipinski definition) is 4. The smallest absolute Gasteiger partial charge is 0.308 e. The number of hydrogen-bond donors (Lipinski definition) is 3. The van der Waals surface area contributed by atoms with Crippen LogP contribution in [0.4, 0.5) is 0 Å². The predicted octanol–water partition coefficient (Wildman–Crippen LogP) is -0.0695. The lowest BCUT2D eigenvalue weighted by Crippen LogP contribution is -2.40. The van der Waals surface area contributed by atoms with E-state index in [1.165, 1.54) is 0 Å². The summed E-state index contributed by atoms with van der Waals surface area (Å²) < 4.78 is 5.17. The van der Waals surface area contributed by atoms with Crippen molar-refractivity contribution in [3.05, 3.63) is 0 Å². The Kier molecular flexibility index (Phi) is 5.21. The maximum absolute atomic E-state index is 10.8. The van der Waals surface area contributed by atoms with Gasteiger partial charge in [-0.2, -0.15) is 0 Å². The second-order valence-corrected chi connectivity index (χ2v) is 3.93. The molecular weight excluding hydrogens is 214 g/mol. The number of carboxylic acid groups (broad SMARTS) is 2. The average Bonchev–Trinajstić information content (AvgIpc) is 2.25. The lowest BCUT2D eigenvalue weighted by molar-refractivity contribution is -0.148. The summed E-state index contributed by atoms with van der Waals surface area (Å²) in [4.78, 5) is 21.2. The Morgan fingerprint density at radius 1 is 1.31 bits per heavy atom. The minimum absolute atomic E-state index is 0.201. The summed E-state index contributed by atoms with van der Waals surface area (Å²) in [5, 5.41) is 20.5. The highest BCUT2D eigenvalue weighted by molar-refractivity contribution is 5.77. The van der Waals surface area contributed by atoms with E-state index in [9.17, 15) is 9.59 Å². The number of carboxylic acids is 2. The van der Waals surface area contributed by atoms with Crippen LogP contribution in [0.5, 0.6) is 0 Å². The van der Waals surface area contributed by atoms with Crippen LogP contribution < -0.4 is 5.32 Å². The van der Waals surface area contributed by atoms with Crippen LogP contribution >= 0.6 is 0 Å². The van der Waals surface area contributed by atoms with E-state index in [0.717, 1.165) is 12.8 Å². The first kappa shape index (κ1) is 12.9. The summed E-state index contributed by atoms with van der Waals surface area (Å²) in [5.41, 5.74) is 0. The summed E-state index contributed by atoms with van der Waals surface area (Å²) >= 11 is 0. The van der Waals surface area contributed by atoms with Crippen LogP contribution in [-0.2, 0) is 14.3 Å². The van der Waals surface area contributed by atoms with E-state index in [0.29, 0.717) is 13.2 Å². The Balaban J connectivity index is 2.30. The molecule has 1 aliphatic heterocycles. The van der Waals surface area contributed by atoms with Crippen molar-refractivity contribution in [3.63, 3.8) is 0 Å². The van der Waals surface area contributed by atoms with E-state index in [-0.39, 0.29) is 19.0 Å². The molecule has 0 aromatic heterocycles. The van der Waals surface area contributed by atoms with E-state index < -0.39 is 17.9 Å². The summed E-state index contributed by atoms with van der Waals surface area (Å²) in [7, 11) is 0. The fourth-order valence-electron chi connectivity index (χ4n) is 1.67. The van der Waals surface area contributed by atoms with Crippen molar-refractivity contribution >= 4 is 11.9 Å². The molecule has 1 unspecified atom stereocenters. The van der Waals surface area contributed by atoms with Gasteiger partial charge in [-0.15, -0.1) is 0 Å². The van der Waals surface area contributed by atoms with E-state index in [1.54, 1.807) is 0 Å². The van der Waals surface area contributed by atoms with E-state index in [1.807, 2.05) is 0 Å². The van der Waals surface area contributed by atoms with Gasteiger partial charge in [0.2, 0.25) is 0 Å². The molecule has 0 amide bonds. The molecule has 1 atom stereocenters. The number of rotatable bonds is 6. The van der Waals surface area contributed by atoms with Crippen molar-refractivity contribution in [2.45, 2.75) is 25.3 Å². The van der Waals surface area contributed by atoms with Gasteiger partial charge in [-0.25, -0.2) is 0 Å². The highest BCUT2D eigenvalue weighted by Gasteiger charge is 2.22. The van der Waals surface area contributed by atoms with Gasteiger partial charge in [-0.05, 0) is 12.8 Å². The molecule has 1 fully saturated rings. The second-order valence-electron chi connectivity index (χ2n) is 3.93. The molecule has 1 rings (SSSR count). The Morgan fingerprint density at radius 3 is 2.44 bits per heavy atom. The van der Waals surface area contributed by atoms with Crippen molar-refractivity contribution in [1.82, 2.24) is 5.32 Å². The number of ether oxygens (including phenoxy) is 1. The molecule has 6 heteroatoms. The van der Waals surface area contributed by atoms with Crippen LogP contribution in [0, 0.1) is 5.92 Å². The molecule has 0 aromatic carbocycles. The van der Waals surface area contributed by atoms with Gasteiger partial charge in [0.15, 0.2) is 0 Å². The summed E-state index contributed by atoms with van der Waals surface area (Å²) in [6.45, 7) is 1.55. The van der Waals surface area contributed by atoms with Gasteiger partial charge >= 0.3 is 11.9 Å². The third-order valence-corrected chi connectivity index (χ3v) is 2.64. The summed E-state index contributed by atoms with van der Waals surface area (Å²) in [6.07, 6.45) is 1.35. The van der Waals surface area contributed by atoms with Crippen molar-refractivity contribution in [2.24, 2.45) is 5.92 Å². The van der Waals surface area contributed by atoms with E-state index in [4.69, 9.17) is 14.9 Å². The molecule has 0 aliphatic carbocycles. The zero-order valence-corrected chi connectivity index (χ0v) is 9.02. The normalized spacial score (nSPS) is 19.2. The molecule has 92 valence electrons. The second kappa shape index (κ2) is 6.44. The summed E-state index contributed by atoms with van der Waals surface area (Å²) in [6, 6.07) is 0.240. The van der Waals surface area contributed by atoms with Gasteiger partial charge in [0.25, 0.3) is 0 Å². The molecule has 3 N–H and O–H groups in total. The highest BCUT2D eigenvalue weighted by Crippen LogP contribution is 2.08. The van der Waals surface area contributed by atoms with Gasteiger partial charge in [0.05, 0.1) is 12.3 Å². The molecule has 0 radical (unpaired) electrons. The Hall–Kier alpha value is -1.14. The fraction of sp³-hybridized carbons (Fsp3) is 0.800. The molecule has 1 saturated heterocycles. The van der Waals surface area contributed by atoms with Crippen LogP contribution in [0.3, 0.4) is 0 Å². The molecular formula is C10H17NO5. The lowest BCUT2D eigenvalue weighted by atomic mass is 10.0. The average molecular weight is 231 g/mol. The fourth-order valence-corrected chi connectivity index (χ4v) is 1.67. The highest BCUT2D eigenvalue weighted by atomic mass is 16.5. The van der Waals surface area contributed by atoms with Crippen molar-refractivity contribution < 1.29 is 24.5 Å². The standard InChI is InChI=1S/C10H17NO5/c12-9(13)5-7(10(14)15)6-11-8-1-3-16-4-2-8/h7-8,11H,1-6H2,(H,12,13)(H,14,15).